The van der Waals surface area contributed by atoms with Crippen molar-refractivity contribution >= 4 is 48.0 Å². The van der Waals surface area contributed by atoms with E-state index in [0.29, 0.717) is 37.8 Å². The van der Waals surface area contributed by atoms with E-state index in [1.165, 1.54) is 18.2 Å². The van der Waals surface area contributed by atoms with Gasteiger partial charge in [0.1, 0.15) is 5.82 Å². The summed E-state index contributed by atoms with van der Waals surface area (Å²) < 4.78 is 19.3. The van der Waals surface area contributed by atoms with Crippen LogP contribution in [-0.2, 0) is 14.3 Å². The molecule has 0 bridgehead atoms. The van der Waals surface area contributed by atoms with Gasteiger partial charge in [0.2, 0.25) is 11.8 Å². The number of hydrogen-bond acceptors (Lipinski definition) is 5. The number of rotatable bonds is 8. The van der Waals surface area contributed by atoms with E-state index in [4.69, 9.17) is 10.5 Å². The summed E-state index contributed by atoms with van der Waals surface area (Å²) in [4.78, 5) is 26.4. The zero-order valence-corrected chi connectivity index (χ0v) is 18.4. The topological polar surface area (TPSA) is 96.7 Å². The van der Waals surface area contributed by atoms with E-state index in [0.717, 1.165) is 13.1 Å². The lowest BCUT2D eigenvalue weighted by molar-refractivity contribution is -0.118. The molecule has 10 heteroatoms. The number of nitrogens with two attached hydrogens (primary N) is 1. The van der Waals surface area contributed by atoms with Crippen molar-refractivity contribution in [3.05, 3.63) is 24.0 Å². The molecule has 2 rings (SSSR count). The summed E-state index contributed by atoms with van der Waals surface area (Å²) in [5.74, 6) is -0.875. The first-order valence-electron chi connectivity index (χ1n) is 9.31. The van der Waals surface area contributed by atoms with E-state index in [9.17, 15) is 14.0 Å². The first kappa shape index (κ1) is 27.5. The number of benzene rings is 1. The molecule has 0 aromatic heterocycles. The van der Waals surface area contributed by atoms with Crippen molar-refractivity contribution in [3.63, 3.8) is 0 Å². The summed E-state index contributed by atoms with van der Waals surface area (Å²) in [5.41, 5.74) is 6.29. The van der Waals surface area contributed by atoms with Crippen LogP contribution >= 0.6 is 24.8 Å². The Bertz CT molecular complexity index is 658. The van der Waals surface area contributed by atoms with Crippen LogP contribution in [-0.4, -0.2) is 55.6 Å². The molecule has 1 aromatic rings. The van der Waals surface area contributed by atoms with Crippen molar-refractivity contribution in [2.24, 2.45) is 11.7 Å². The second kappa shape index (κ2) is 13.7. The van der Waals surface area contributed by atoms with Gasteiger partial charge in [0, 0.05) is 31.7 Å². The molecule has 1 aromatic carbocycles. The number of amides is 2. The third-order valence-electron chi connectivity index (χ3n) is 4.33. The molecule has 0 radical (unpaired) electrons. The molecule has 1 atom stereocenters. The Morgan fingerprint density at radius 3 is 2.48 bits per heavy atom. The number of halogens is 3. The molecule has 1 aliphatic heterocycles. The van der Waals surface area contributed by atoms with Crippen molar-refractivity contribution in [3.8, 4) is 0 Å². The highest BCUT2D eigenvalue weighted by molar-refractivity contribution is 5.96. The van der Waals surface area contributed by atoms with Crippen molar-refractivity contribution in [1.82, 2.24) is 4.90 Å². The molecule has 0 spiro atoms. The van der Waals surface area contributed by atoms with Gasteiger partial charge in [-0.3, -0.25) is 14.5 Å². The van der Waals surface area contributed by atoms with Crippen LogP contribution in [0.1, 0.15) is 26.7 Å². The fraction of sp³-hybridized carbons (Fsp3) is 0.579. The first-order chi connectivity index (χ1) is 12.8. The maximum absolute atomic E-state index is 14.0. The number of morpholine rings is 1. The third-order valence-corrected chi connectivity index (χ3v) is 4.33. The molecule has 0 saturated carbocycles. The highest BCUT2D eigenvalue weighted by Crippen LogP contribution is 2.20. The van der Waals surface area contributed by atoms with E-state index in [2.05, 4.69) is 15.5 Å². The van der Waals surface area contributed by atoms with Crippen LogP contribution in [0.2, 0.25) is 0 Å². The minimum atomic E-state index is -0.637. The number of nitrogens with one attached hydrogen (secondary N) is 2. The second-order valence-corrected chi connectivity index (χ2v) is 7.17. The Morgan fingerprint density at radius 1 is 1.21 bits per heavy atom. The van der Waals surface area contributed by atoms with Gasteiger partial charge in [0.25, 0.3) is 0 Å². The number of carbonyl (C=O) groups is 2. The summed E-state index contributed by atoms with van der Waals surface area (Å²) in [6.45, 7) is 7.47. The summed E-state index contributed by atoms with van der Waals surface area (Å²) in [5, 5.41) is 5.24. The van der Waals surface area contributed by atoms with Gasteiger partial charge in [-0.2, -0.15) is 0 Å². The Hall–Kier alpha value is -1.45. The van der Waals surface area contributed by atoms with E-state index < -0.39 is 11.9 Å². The summed E-state index contributed by atoms with van der Waals surface area (Å²) in [6.07, 6.45) is 0.813. The van der Waals surface area contributed by atoms with Gasteiger partial charge in [-0.15, -0.1) is 24.8 Å². The Kier molecular flexibility index (Phi) is 13.0. The van der Waals surface area contributed by atoms with E-state index in [1.807, 2.05) is 13.8 Å². The van der Waals surface area contributed by atoms with Crippen LogP contribution in [0.4, 0.5) is 15.8 Å². The van der Waals surface area contributed by atoms with Crippen molar-refractivity contribution in [2.75, 3.05) is 43.5 Å². The standard InChI is InChI=1S/C19H29FN4O3.2ClH/c1-13(2)11-16(21)19(26)22-14-3-4-15(20)17(12-14)23-18(25)5-6-24-7-9-27-10-8-24;;/h3-4,12-13,16H,5-11,21H2,1-2H3,(H,22,26)(H,23,25);2*1H/t16-;;/m0../s1. The maximum Gasteiger partial charge on any atom is 0.241 e. The second-order valence-electron chi connectivity index (χ2n) is 7.17. The molecule has 1 fully saturated rings. The number of hydrogen-bond donors (Lipinski definition) is 3. The minimum Gasteiger partial charge on any atom is -0.379 e. The fourth-order valence-corrected chi connectivity index (χ4v) is 2.85. The lowest BCUT2D eigenvalue weighted by Crippen LogP contribution is -2.38. The summed E-state index contributed by atoms with van der Waals surface area (Å²) in [7, 11) is 0. The number of anilines is 2. The smallest absolute Gasteiger partial charge is 0.241 e. The normalized spacial score (nSPS) is 15.1. The van der Waals surface area contributed by atoms with Gasteiger partial charge in [-0.1, -0.05) is 13.8 Å². The van der Waals surface area contributed by atoms with E-state index >= 15 is 0 Å². The number of ether oxygens (including phenoxy) is 1. The van der Waals surface area contributed by atoms with Crippen LogP contribution in [0, 0.1) is 11.7 Å². The average Bonchev–Trinajstić information content (AvgIpc) is 2.63. The maximum atomic E-state index is 14.0. The van der Waals surface area contributed by atoms with Crippen LogP contribution < -0.4 is 16.4 Å². The van der Waals surface area contributed by atoms with Crippen molar-refractivity contribution < 1.29 is 18.7 Å². The predicted octanol–water partition coefficient (Wildman–Crippen LogP) is 2.64. The summed E-state index contributed by atoms with van der Waals surface area (Å²) >= 11 is 0. The molecular weight excluding hydrogens is 422 g/mol. The van der Waals surface area contributed by atoms with Crippen LogP contribution in [0.25, 0.3) is 0 Å². The van der Waals surface area contributed by atoms with E-state index in [-0.39, 0.29) is 48.7 Å². The predicted molar refractivity (Wildman–Crippen MR) is 117 cm³/mol. The highest BCUT2D eigenvalue weighted by atomic mass is 35.5. The Balaban J connectivity index is 0.00000392. The van der Waals surface area contributed by atoms with Gasteiger partial charge in [0.15, 0.2) is 0 Å². The Labute approximate surface area is 183 Å². The van der Waals surface area contributed by atoms with Crippen LogP contribution in [0.5, 0.6) is 0 Å². The molecule has 1 saturated heterocycles. The highest BCUT2D eigenvalue weighted by Gasteiger charge is 2.17. The van der Waals surface area contributed by atoms with Gasteiger partial charge in [0.05, 0.1) is 24.9 Å². The molecule has 1 aliphatic rings. The lowest BCUT2D eigenvalue weighted by atomic mass is 10.0. The quantitative estimate of drug-likeness (QED) is 0.563. The van der Waals surface area contributed by atoms with Gasteiger partial charge in [-0.25, -0.2) is 4.39 Å². The molecule has 7 nitrogen and oxygen atoms in total. The molecule has 29 heavy (non-hydrogen) atoms. The largest absolute Gasteiger partial charge is 0.379 e. The number of carbonyl (C=O) groups excluding carboxylic acids is 2. The minimum absolute atomic E-state index is 0. The fourth-order valence-electron chi connectivity index (χ4n) is 2.85. The number of nitrogens with zero attached hydrogens (tertiary/aromatic N) is 1. The van der Waals surface area contributed by atoms with E-state index in [1.54, 1.807) is 0 Å². The van der Waals surface area contributed by atoms with Gasteiger partial charge in [-0.05, 0) is 30.5 Å². The van der Waals surface area contributed by atoms with Crippen LogP contribution in [0.15, 0.2) is 18.2 Å². The van der Waals surface area contributed by atoms with Crippen molar-refractivity contribution in [1.29, 1.82) is 0 Å². The molecule has 4 N–H and O–H groups in total. The zero-order valence-electron chi connectivity index (χ0n) is 16.8. The molecule has 0 unspecified atom stereocenters. The van der Waals surface area contributed by atoms with Gasteiger partial charge < -0.3 is 21.1 Å². The zero-order chi connectivity index (χ0) is 19.8. The average molecular weight is 453 g/mol. The van der Waals surface area contributed by atoms with Gasteiger partial charge >= 0.3 is 0 Å². The SMILES string of the molecule is CC(C)C[C@H](N)C(=O)Nc1ccc(F)c(NC(=O)CCN2CCOCC2)c1.Cl.Cl. The Morgan fingerprint density at radius 2 is 1.86 bits per heavy atom. The van der Waals surface area contributed by atoms with Crippen LogP contribution in [0.3, 0.4) is 0 Å². The van der Waals surface area contributed by atoms with Crippen molar-refractivity contribution in [2.45, 2.75) is 32.7 Å². The molecule has 2 amide bonds. The summed E-state index contributed by atoms with van der Waals surface area (Å²) in [6, 6.07) is 3.42. The first-order valence-corrected chi connectivity index (χ1v) is 9.31. The monoisotopic (exact) mass is 452 g/mol. The lowest BCUT2D eigenvalue weighted by Gasteiger charge is -2.26. The third kappa shape index (κ3) is 9.73. The molecule has 1 heterocycles. The molecule has 0 aliphatic carbocycles. The molecule has 166 valence electrons. The molecular formula is C19H31Cl2FN4O3.